The van der Waals surface area contributed by atoms with Gasteiger partial charge < -0.3 is 5.11 Å². The fraction of sp³-hybridized carbons (Fsp3) is 0.333. The lowest BCUT2D eigenvalue weighted by atomic mass is 10.6. The quantitative estimate of drug-likeness (QED) is 0.444. The van der Waals surface area contributed by atoms with Gasteiger partial charge in [-0.25, -0.2) is 10.2 Å². The second-order valence-electron chi connectivity index (χ2n) is 1.38. The van der Waals surface area contributed by atoms with E-state index in [0.29, 0.717) is 0 Å². The standard InChI is InChI=1S/C3H3F3N2O3/c4-3(5,6)1(9)7-8-2(10)11/h8H,(H,7,9)(H,10,11). The van der Waals surface area contributed by atoms with Crippen LogP contribution in [-0.4, -0.2) is 23.3 Å². The Labute approximate surface area is 58.2 Å². The number of alkyl halides is 3. The third kappa shape index (κ3) is 4.00. The SMILES string of the molecule is O=C(O)NNC(=O)C(F)(F)F. The summed E-state index contributed by atoms with van der Waals surface area (Å²) < 4.78 is 33.8. The molecule has 8 heteroatoms. The molecule has 0 aliphatic carbocycles. The van der Waals surface area contributed by atoms with Gasteiger partial charge in [0.2, 0.25) is 0 Å². The van der Waals surface area contributed by atoms with E-state index in [1.165, 1.54) is 0 Å². The average molecular weight is 172 g/mol. The van der Waals surface area contributed by atoms with Gasteiger partial charge in [0.15, 0.2) is 0 Å². The van der Waals surface area contributed by atoms with Crippen LogP contribution in [-0.2, 0) is 4.79 Å². The van der Waals surface area contributed by atoms with Crippen LogP contribution >= 0.6 is 0 Å². The van der Waals surface area contributed by atoms with E-state index >= 15 is 0 Å². The first kappa shape index (κ1) is 9.53. The number of hydrazine groups is 1. The zero-order chi connectivity index (χ0) is 9.07. The summed E-state index contributed by atoms with van der Waals surface area (Å²) in [5.74, 6) is -2.36. The highest BCUT2D eigenvalue weighted by Gasteiger charge is 2.38. The maximum absolute atomic E-state index is 11.3. The van der Waals surface area contributed by atoms with Crippen molar-refractivity contribution in [3.8, 4) is 0 Å². The molecule has 0 unspecified atom stereocenters. The fourth-order valence-corrected chi connectivity index (χ4v) is 0.181. The summed E-state index contributed by atoms with van der Waals surface area (Å²) in [7, 11) is 0. The summed E-state index contributed by atoms with van der Waals surface area (Å²) in [6.45, 7) is 0. The molecular weight excluding hydrogens is 169 g/mol. The van der Waals surface area contributed by atoms with Crippen LogP contribution in [0, 0.1) is 0 Å². The largest absolute Gasteiger partial charge is 0.472 e. The van der Waals surface area contributed by atoms with Gasteiger partial charge in [-0.05, 0) is 0 Å². The molecule has 64 valence electrons. The van der Waals surface area contributed by atoms with Gasteiger partial charge in [0.25, 0.3) is 0 Å². The van der Waals surface area contributed by atoms with Crippen LogP contribution in [0.4, 0.5) is 18.0 Å². The van der Waals surface area contributed by atoms with E-state index in [1.807, 2.05) is 0 Å². The Morgan fingerprint density at radius 1 is 1.18 bits per heavy atom. The molecule has 0 aromatic rings. The van der Waals surface area contributed by atoms with Gasteiger partial charge in [-0.15, -0.1) is 0 Å². The van der Waals surface area contributed by atoms with E-state index < -0.39 is 18.2 Å². The van der Waals surface area contributed by atoms with Gasteiger partial charge in [-0.2, -0.15) is 13.2 Å². The van der Waals surface area contributed by atoms with E-state index in [4.69, 9.17) is 5.11 Å². The van der Waals surface area contributed by atoms with Crippen LogP contribution in [0.15, 0.2) is 0 Å². The Kier molecular flexibility index (Phi) is 2.67. The maximum Gasteiger partial charge on any atom is 0.472 e. The molecule has 0 heterocycles. The van der Waals surface area contributed by atoms with Crippen molar-refractivity contribution in [2.24, 2.45) is 0 Å². The molecule has 0 rings (SSSR count). The first-order chi connectivity index (χ1) is 4.84. The van der Waals surface area contributed by atoms with Crippen molar-refractivity contribution in [1.29, 1.82) is 0 Å². The number of hydrogen-bond donors (Lipinski definition) is 3. The Morgan fingerprint density at radius 2 is 1.64 bits per heavy atom. The first-order valence-corrected chi connectivity index (χ1v) is 2.20. The third-order valence-electron chi connectivity index (χ3n) is 0.540. The Balaban J connectivity index is 3.80. The molecular formula is C3H3F3N2O3. The lowest BCUT2D eigenvalue weighted by molar-refractivity contribution is -0.174. The topological polar surface area (TPSA) is 78.4 Å². The van der Waals surface area contributed by atoms with Crippen molar-refractivity contribution < 1.29 is 27.9 Å². The number of amides is 2. The van der Waals surface area contributed by atoms with Crippen LogP contribution in [0.3, 0.4) is 0 Å². The summed E-state index contributed by atoms with van der Waals surface area (Å²) in [6.07, 6.45) is -6.86. The molecule has 3 N–H and O–H groups in total. The third-order valence-corrected chi connectivity index (χ3v) is 0.540. The van der Waals surface area contributed by atoms with Crippen molar-refractivity contribution in [3.05, 3.63) is 0 Å². The molecule has 0 fully saturated rings. The zero-order valence-electron chi connectivity index (χ0n) is 4.90. The molecule has 0 aromatic heterocycles. The molecule has 5 nitrogen and oxygen atoms in total. The van der Waals surface area contributed by atoms with E-state index in [1.54, 1.807) is 0 Å². The molecule has 0 aromatic carbocycles. The Morgan fingerprint density at radius 3 is 1.91 bits per heavy atom. The number of carboxylic acid groups (broad SMARTS) is 1. The molecule has 0 aliphatic rings. The predicted molar refractivity (Wildman–Crippen MR) is 25.4 cm³/mol. The van der Waals surface area contributed by atoms with E-state index in [2.05, 4.69) is 0 Å². The molecule has 2 amide bonds. The van der Waals surface area contributed by atoms with Crippen LogP contribution in [0.1, 0.15) is 0 Å². The lowest BCUT2D eigenvalue weighted by Gasteiger charge is -2.05. The first-order valence-electron chi connectivity index (χ1n) is 2.20. The summed E-state index contributed by atoms with van der Waals surface area (Å²) in [5, 5.41) is 7.73. The van der Waals surface area contributed by atoms with Crippen LogP contribution in [0.25, 0.3) is 0 Å². The number of hydrogen-bond acceptors (Lipinski definition) is 2. The zero-order valence-corrected chi connectivity index (χ0v) is 4.90. The predicted octanol–water partition coefficient (Wildman–Crippen LogP) is -0.153. The van der Waals surface area contributed by atoms with Crippen molar-refractivity contribution in [1.82, 2.24) is 10.9 Å². The highest BCUT2D eigenvalue weighted by molar-refractivity contribution is 5.83. The second-order valence-corrected chi connectivity index (χ2v) is 1.38. The number of rotatable bonds is 0. The van der Waals surface area contributed by atoms with Crippen molar-refractivity contribution >= 4 is 12.0 Å². The number of carbonyl (C=O) groups is 2. The van der Waals surface area contributed by atoms with Gasteiger partial charge in [0.05, 0.1) is 0 Å². The van der Waals surface area contributed by atoms with E-state index in [0.717, 1.165) is 10.9 Å². The maximum atomic E-state index is 11.3. The van der Waals surface area contributed by atoms with Gasteiger partial charge in [-0.3, -0.25) is 10.2 Å². The Hall–Kier alpha value is -1.47. The minimum atomic E-state index is -5.08. The molecule has 0 atom stereocenters. The average Bonchev–Trinajstić information content (AvgIpc) is 1.80. The second kappa shape index (κ2) is 3.08. The van der Waals surface area contributed by atoms with Crippen molar-refractivity contribution in [2.45, 2.75) is 6.18 Å². The molecule has 0 bridgehead atoms. The van der Waals surface area contributed by atoms with E-state index in [9.17, 15) is 22.8 Å². The van der Waals surface area contributed by atoms with Gasteiger partial charge in [0.1, 0.15) is 0 Å². The minimum absolute atomic E-state index is 0.909. The molecule has 0 radical (unpaired) electrons. The summed E-state index contributed by atoms with van der Waals surface area (Å²) in [5.41, 5.74) is 1.96. The van der Waals surface area contributed by atoms with Gasteiger partial charge in [0, 0.05) is 0 Å². The molecule has 0 aliphatic heterocycles. The lowest BCUT2D eigenvalue weighted by Crippen LogP contribution is -2.47. The summed E-state index contributed by atoms with van der Waals surface area (Å²) in [4.78, 5) is 19.3. The molecule has 11 heavy (non-hydrogen) atoms. The van der Waals surface area contributed by atoms with E-state index in [-0.39, 0.29) is 0 Å². The van der Waals surface area contributed by atoms with Crippen molar-refractivity contribution in [2.75, 3.05) is 0 Å². The summed E-state index contributed by atoms with van der Waals surface area (Å²) in [6, 6.07) is 0. The van der Waals surface area contributed by atoms with Gasteiger partial charge in [-0.1, -0.05) is 0 Å². The van der Waals surface area contributed by atoms with Gasteiger partial charge >= 0.3 is 18.2 Å². The molecule has 0 saturated heterocycles. The highest BCUT2D eigenvalue weighted by Crippen LogP contribution is 2.13. The number of carbonyl (C=O) groups excluding carboxylic acids is 1. The monoisotopic (exact) mass is 172 g/mol. The smallest absolute Gasteiger partial charge is 0.464 e. The minimum Gasteiger partial charge on any atom is -0.464 e. The van der Waals surface area contributed by atoms with Crippen molar-refractivity contribution in [3.63, 3.8) is 0 Å². The van der Waals surface area contributed by atoms with Crippen LogP contribution in [0.5, 0.6) is 0 Å². The summed E-state index contributed by atoms with van der Waals surface area (Å²) >= 11 is 0. The Bertz CT molecular complexity index is 177. The number of halogens is 3. The molecule has 0 saturated carbocycles. The molecule has 0 spiro atoms. The fourth-order valence-electron chi connectivity index (χ4n) is 0.181. The van der Waals surface area contributed by atoms with Crippen LogP contribution < -0.4 is 10.9 Å². The highest BCUT2D eigenvalue weighted by atomic mass is 19.4. The normalized spacial score (nSPS) is 10.5. The number of nitrogens with one attached hydrogen (secondary N) is 2. The van der Waals surface area contributed by atoms with Crippen LogP contribution in [0.2, 0.25) is 0 Å².